The van der Waals surface area contributed by atoms with Gasteiger partial charge >= 0.3 is 0 Å². The van der Waals surface area contributed by atoms with Crippen LogP contribution in [0, 0.1) is 6.92 Å². The van der Waals surface area contributed by atoms with Crippen molar-refractivity contribution in [1.82, 2.24) is 9.88 Å². The van der Waals surface area contributed by atoms with E-state index >= 15 is 0 Å². The van der Waals surface area contributed by atoms with Gasteiger partial charge in [0.25, 0.3) is 5.91 Å². The molecule has 134 valence electrons. The Morgan fingerprint density at radius 3 is 2.68 bits per heavy atom. The van der Waals surface area contributed by atoms with Crippen LogP contribution >= 0.6 is 11.3 Å². The summed E-state index contributed by atoms with van der Waals surface area (Å²) in [4.78, 5) is 20.3. The second kappa shape index (κ2) is 7.38. The van der Waals surface area contributed by atoms with Gasteiger partial charge in [-0.25, -0.2) is 4.98 Å². The molecule has 1 aromatic heterocycles. The first-order chi connectivity index (χ1) is 11.9. The molecule has 4 N–H and O–H groups in total. The largest absolute Gasteiger partial charge is 0.507 e. The average molecular weight is 362 g/mol. The van der Waals surface area contributed by atoms with Gasteiger partial charge in [0.1, 0.15) is 5.75 Å². The molecule has 25 heavy (non-hydrogen) atoms. The number of nitrogens with zero attached hydrogens (tertiary/aromatic N) is 3. The number of benzene rings is 1. The van der Waals surface area contributed by atoms with Crippen LogP contribution in [0.4, 0.5) is 5.13 Å². The van der Waals surface area contributed by atoms with Crippen LogP contribution in [-0.2, 0) is 0 Å². The minimum absolute atomic E-state index is 0.0282. The fourth-order valence-electron chi connectivity index (χ4n) is 2.92. The monoisotopic (exact) mass is 362 g/mol. The zero-order valence-electron chi connectivity index (χ0n) is 14.1. The Labute approximate surface area is 150 Å². The number of hydrogen-bond acceptors (Lipinski definition) is 7. The smallest absolute Gasteiger partial charge is 0.252 e. The predicted octanol–water partition coefficient (Wildman–Crippen LogP) is 1.11. The summed E-state index contributed by atoms with van der Waals surface area (Å²) in [6, 6.07) is 4.46. The molecular formula is C17H22N4O3S. The number of nitrogens with two attached hydrogens (primary N) is 1. The van der Waals surface area contributed by atoms with Gasteiger partial charge in [-0.05, 0) is 24.6 Å². The van der Waals surface area contributed by atoms with E-state index in [9.17, 15) is 15.0 Å². The van der Waals surface area contributed by atoms with Gasteiger partial charge in [-0.15, -0.1) is 11.3 Å². The van der Waals surface area contributed by atoms with Crippen molar-refractivity contribution in [2.24, 2.45) is 5.73 Å². The molecule has 1 amide bonds. The summed E-state index contributed by atoms with van der Waals surface area (Å²) in [5, 5.41) is 23.2. The number of aryl methyl sites for hydroxylation is 1. The maximum absolute atomic E-state index is 11.3. The molecule has 1 fully saturated rings. The van der Waals surface area contributed by atoms with Crippen LogP contribution in [0.1, 0.15) is 27.7 Å². The lowest BCUT2D eigenvalue weighted by Crippen LogP contribution is -2.47. The van der Waals surface area contributed by atoms with E-state index in [0.29, 0.717) is 12.1 Å². The minimum Gasteiger partial charge on any atom is -0.507 e. The summed E-state index contributed by atoms with van der Waals surface area (Å²) in [5.41, 5.74) is 6.88. The number of aliphatic hydroxyl groups is 1. The van der Waals surface area contributed by atoms with Gasteiger partial charge in [0.2, 0.25) is 0 Å². The quantitative estimate of drug-likeness (QED) is 0.736. The number of primary amides is 1. The number of carbonyl (C=O) groups excluding carboxylic acids is 1. The lowest BCUT2D eigenvalue weighted by atomic mass is 10.0. The molecular weight excluding hydrogens is 340 g/mol. The molecule has 2 heterocycles. The van der Waals surface area contributed by atoms with Crippen molar-refractivity contribution in [3.63, 3.8) is 0 Å². The highest BCUT2D eigenvalue weighted by molar-refractivity contribution is 7.13. The predicted molar refractivity (Wildman–Crippen MR) is 97.1 cm³/mol. The van der Waals surface area contributed by atoms with E-state index in [4.69, 9.17) is 5.73 Å². The molecule has 0 spiro atoms. The summed E-state index contributed by atoms with van der Waals surface area (Å²) in [5.74, 6) is -0.880. The van der Waals surface area contributed by atoms with Gasteiger partial charge in [0.15, 0.2) is 5.13 Å². The molecule has 0 bridgehead atoms. The third-order valence-electron chi connectivity index (χ3n) is 4.35. The van der Waals surface area contributed by atoms with Crippen LogP contribution < -0.4 is 10.6 Å². The number of amides is 1. The molecule has 1 saturated heterocycles. The third kappa shape index (κ3) is 4.09. The number of anilines is 1. The molecule has 8 heteroatoms. The highest BCUT2D eigenvalue weighted by Gasteiger charge is 2.22. The lowest BCUT2D eigenvalue weighted by Gasteiger charge is -2.35. The molecule has 1 aromatic carbocycles. The van der Waals surface area contributed by atoms with Crippen LogP contribution in [0.2, 0.25) is 0 Å². The Hall–Kier alpha value is -2.16. The van der Waals surface area contributed by atoms with Crippen LogP contribution in [0.3, 0.4) is 0 Å². The van der Waals surface area contributed by atoms with Crippen LogP contribution in [0.25, 0.3) is 0 Å². The van der Waals surface area contributed by atoms with E-state index in [1.54, 1.807) is 17.4 Å². The van der Waals surface area contributed by atoms with E-state index < -0.39 is 12.0 Å². The van der Waals surface area contributed by atoms with Gasteiger partial charge < -0.3 is 20.8 Å². The van der Waals surface area contributed by atoms with E-state index in [1.807, 2.05) is 12.3 Å². The van der Waals surface area contributed by atoms with Gasteiger partial charge in [-0.3, -0.25) is 9.69 Å². The number of aromatic hydroxyl groups is 1. The first kappa shape index (κ1) is 17.7. The number of thiazole rings is 1. The zero-order valence-corrected chi connectivity index (χ0v) is 14.9. The number of phenols is 1. The number of piperazine rings is 1. The fourth-order valence-corrected chi connectivity index (χ4v) is 3.77. The Morgan fingerprint density at radius 1 is 1.36 bits per heavy atom. The number of aliphatic hydroxyl groups excluding tert-OH is 1. The van der Waals surface area contributed by atoms with Crippen molar-refractivity contribution < 1.29 is 15.0 Å². The van der Waals surface area contributed by atoms with Gasteiger partial charge in [0, 0.05) is 38.1 Å². The first-order valence-corrected chi connectivity index (χ1v) is 9.02. The summed E-state index contributed by atoms with van der Waals surface area (Å²) in [7, 11) is 0. The highest BCUT2D eigenvalue weighted by Crippen LogP contribution is 2.24. The first-order valence-electron chi connectivity index (χ1n) is 8.14. The fraction of sp³-hybridized carbons (Fsp3) is 0.412. The summed E-state index contributed by atoms with van der Waals surface area (Å²) in [6.07, 6.45) is -0.743. The van der Waals surface area contributed by atoms with Crippen molar-refractivity contribution in [3.05, 3.63) is 40.4 Å². The minimum atomic E-state index is -0.743. The normalized spacial score (nSPS) is 16.8. The zero-order chi connectivity index (χ0) is 18.0. The van der Waals surface area contributed by atoms with Gasteiger partial charge in [-0.1, -0.05) is 6.07 Å². The third-order valence-corrected chi connectivity index (χ3v) is 5.37. The highest BCUT2D eigenvalue weighted by atomic mass is 32.1. The molecule has 2 aromatic rings. The molecule has 0 saturated carbocycles. The molecule has 3 rings (SSSR count). The maximum Gasteiger partial charge on any atom is 0.252 e. The number of β-amino-alcohol motifs (C(OH)–C–C–N with tert-alkyl or cyclic N) is 1. The van der Waals surface area contributed by atoms with Crippen LogP contribution in [-0.4, -0.2) is 58.7 Å². The maximum atomic E-state index is 11.3. The molecule has 7 nitrogen and oxygen atoms in total. The second-order valence-electron chi connectivity index (χ2n) is 6.22. The Morgan fingerprint density at radius 2 is 2.08 bits per heavy atom. The number of rotatable bonds is 5. The number of carbonyl (C=O) groups is 1. The van der Waals surface area contributed by atoms with Crippen molar-refractivity contribution in [3.8, 4) is 5.75 Å². The Bertz CT molecular complexity index is 756. The molecule has 1 aliphatic rings. The van der Waals surface area contributed by atoms with Crippen LogP contribution in [0.15, 0.2) is 23.6 Å². The summed E-state index contributed by atoms with van der Waals surface area (Å²) >= 11 is 1.65. The summed E-state index contributed by atoms with van der Waals surface area (Å²) in [6.45, 7) is 5.84. The van der Waals surface area contributed by atoms with E-state index in [2.05, 4.69) is 14.8 Å². The van der Waals surface area contributed by atoms with Crippen LogP contribution in [0.5, 0.6) is 5.75 Å². The Balaban J connectivity index is 1.58. The van der Waals surface area contributed by atoms with E-state index in [0.717, 1.165) is 37.0 Å². The standard InChI is InChI=1S/C17H22N4O3S/c1-11-10-25-17(19-11)21-6-4-20(5-7-21)9-15(23)12-2-3-14(22)13(8-12)16(18)24/h2-3,8,10,15,22-23H,4-7,9H2,1H3,(H2,18,24). The van der Waals surface area contributed by atoms with E-state index in [1.165, 1.54) is 12.1 Å². The van der Waals surface area contributed by atoms with Crippen molar-refractivity contribution in [2.45, 2.75) is 13.0 Å². The van der Waals surface area contributed by atoms with Crippen molar-refractivity contribution >= 4 is 22.4 Å². The number of hydrogen-bond donors (Lipinski definition) is 3. The average Bonchev–Trinajstić information content (AvgIpc) is 3.02. The molecule has 1 atom stereocenters. The molecule has 0 aliphatic carbocycles. The van der Waals surface area contributed by atoms with Crippen molar-refractivity contribution in [1.29, 1.82) is 0 Å². The SMILES string of the molecule is Cc1csc(N2CCN(CC(O)c3ccc(O)c(C(N)=O)c3)CC2)n1. The lowest BCUT2D eigenvalue weighted by molar-refractivity contribution is 0.0995. The topological polar surface area (TPSA) is 103 Å². The molecule has 0 radical (unpaired) electrons. The van der Waals surface area contributed by atoms with Gasteiger partial charge in [-0.2, -0.15) is 0 Å². The molecule has 1 unspecified atom stereocenters. The van der Waals surface area contributed by atoms with Gasteiger partial charge in [0.05, 0.1) is 17.4 Å². The van der Waals surface area contributed by atoms with Crippen molar-refractivity contribution in [2.75, 3.05) is 37.6 Å². The number of aromatic nitrogens is 1. The van der Waals surface area contributed by atoms with E-state index in [-0.39, 0.29) is 11.3 Å². The second-order valence-corrected chi connectivity index (χ2v) is 7.05. The Kier molecular flexibility index (Phi) is 5.22. The summed E-state index contributed by atoms with van der Waals surface area (Å²) < 4.78 is 0. The molecule has 1 aliphatic heterocycles.